The number of nitrogens with zero attached hydrogens (tertiary/aromatic N) is 1. The van der Waals surface area contributed by atoms with Crippen LogP contribution in [0.3, 0.4) is 0 Å². The van der Waals surface area contributed by atoms with Crippen LogP contribution in [0.1, 0.15) is 62.1 Å². The number of imide groups is 1. The van der Waals surface area contributed by atoms with E-state index in [0.29, 0.717) is 11.4 Å². The summed E-state index contributed by atoms with van der Waals surface area (Å²) in [5.74, 6) is -5.05. The molecule has 0 spiro atoms. The fourth-order valence-corrected chi connectivity index (χ4v) is 4.79. The number of fused-ring (bicyclic) bond motifs is 1. The van der Waals surface area contributed by atoms with Crippen molar-refractivity contribution in [2.24, 2.45) is 11.5 Å². The molecule has 1 aliphatic heterocycles. The molecule has 15 nitrogen and oxygen atoms in total. The zero-order valence-electron chi connectivity index (χ0n) is 25.4. The van der Waals surface area contributed by atoms with Crippen molar-refractivity contribution in [3.8, 4) is 0 Å². The molecule has 15 heteroatoms. The van der Waals surface area contributed by atoms with E-state index in [1.807, 2.05) is 0 Å². The van der Waals surface area contributed by atoms with Crippen LogP contribution in [-0.2, 0) is 9.59 Å². The highest BCUT2D eigenvalue weighted by Gasteiger charge is 2.36. The Balaban J connectivity index is 1.09. The van der Waals surface area contributed by atoms with Crippen LogP contribution in [0.2, 0.25) is 0 Å². The third-order valence-electron chi connectivity index (χ3n) is 7.21. The van der Waals surface area contributed by atoms with E-state index in [0.717, 1.165) is 4.90 Å². The first-order chi connectivity index (χ1) is 23.4. The molecular weight excluding hydrogens is 634 g/mol. The molecule has 8 N–H and O–H groups in total. The first kappa shape index (κ1) is 33.2. The van der Waals surface area contributed by atoms with Crippen LogP contribution in [0.15, 0.2) is 91.0 Å². The van der Waals surface area contributed by atoms with Gasteiger partial charge in [-0.3, -0.25) is 43.3 Å². The van der Waals surface area contributed by atoms with Crippen molar-refractivity contribution in [3.63, 3.8) is 0 Å². The minimum Gasteiger partial charge on any atom is -0.366 e. The maximum atomic E-state index is 12.8. The quantitative estimate of drug-likeness (QED) is 0.129. The van der Waals surface area contributed by atoms with Crippen LogP contribution in [0.5, 0.6) is 0 Å². The molecule has 246 valence electrons. The predicted octanol–water partition coefficient (Wildman–Crippen LogP) is 1.74. The molecular formula is C34H27N7O8. The molecule has 0 saturated heterocycles. The van der Waals surface area contributed by atoms with Crippen molar-refractivity contribution < 1.29 is 38.4 Å². The first-order valence-corrected chi connectivity index (χ1v) is 14.5. The highest BCUT2D eigenvalue weighted by molar-refractivity contribution is 6.22. The Bertz CT molecular complexity index is 1980. The standard InChI is InChI=1S/C34H27N7O8/c35-29(44)20-13-21(30(36)45)15-24(14-20)39-27(42)16-37-31(46)18-5-11-23(12-6-18)40-32(47)19-7-9-22(10-8-19)38-28(43)17-41-33(48)25-3-1-2-4-26(25)34(41)49/h1-15H,16-17H2,(H2,35,44)(H2,36,45)(H,37,46)(H,38,43)(H,39,42)(H,40,47). The maximum absolute atomic E-state index is 12.8. The fourth-order valence-electron chi connectivity index (χ4n) is 4.79. The second-order valence-corrected chi connectivity index (χ2v) is 10.7. The van der Waals surface area contributed by atoms with Crippen LogP contribution in [0, 0.1) is 0 Å². The molecule has 4 aromatic rings. The van der Waals surface area contributed by atoms with Gasteiger partial charge >= 0.3 is 0 Å². The van der Waals surface area contributed by atoms with E-state index in [2.05, 4.69) is 21.3 Å². The normalized spacial score (nSPS) is 11.7. The van der Waals surface area contributed by atoms with Gasteiger partial charge in [-0.2, -0.15) is 0 Å². The monoisotopic (exact) mass is 661 g/mol. The summed E-state index contributed by atoms with van der Waals surface area (Å²) >= 11 is 0. The molecule has 0 aliphatic carbocycles. The molecule has 1 heterocycles. The highest BCUT2D eigenvalue weighted by Crippen LogP contribution is 2.22. The van der Waals surface area contributed by atoms with Crippen molar-refractivity contribution >= 4 is 64.3 Å². The molecule has 4 aromatic carbocycles. The third kappa shape index (κ3) is 7.81. The second-order valence-electron chi connectivity index (χ2n) is 10.7. The summed E-state index contributed by atoms with van der Waals surface area (Å²) < 4.78 is 0. The van der Waals surface area contributed by atoms with Crippen LogP contribution in [0.25, 0.3) is 0 Å². The van der Waals surface area contributed by atoms with E-state index >= 15 is 0 Å². The van der Waals surface area contributed by atoms with Gasteiger partial charge in [-0.1, -0.05) is 12.1 Å². The van der Waals surface area contributed by atoms with Crippen LogP contribution >= 0.6 is 0 Å². The van der Waals surface area contributed by atoms with Crippen molar-refractivity contribution in [2.75, 3.05) is 29.0 Å². The third-order valence-corrected chi connectivity index (χ3v) is 7.21. The molecule has 0 aromatic heterocycles. The summed E-state index contributed by atoms with van der Waals surface area (Å²) in [5.41, 5.74) is 12.2. The van der Waals surface area contributed by atoms with Gasteiger partial charge in [0, 0.05) is 39.3 Å². The zero-order chi connectivity index (χ0) is 35.2. The Morgan fingerprint density at radius 1 is 0.531 bits per heavy atom. The Morgan fingerprint density at radius 3 is 1.51 bits per heavy atom. The average molecular weight is 662 g/mol. The lowest BCUT2D eigenvalue weighted by Crippen LogP contribution is -2.37. The van der Waals surface area contributed by atoms with Gasteiger partial charge in [0.2, 0.25) is 23.6 Å². The summed E-state index contributed by atoms with van der Waals surface area (Å²) in [7, 11) is 0. The van der Waals surface area contributed by atoms with E-state index < -0.39 is 60.3 Å². The van der Waals surface area contributed by atoms with Crippen LogP contribution < -0.4 is 32.7 Å². The molecule has 0 saturated carbocycles. The molecule has 0 fully saturated rings. The van der Waals surface area contributed by atoms with Crippen molar-refractivity contribution in [1.82, 2.24) is 10.2 Å². The summed E-state index contributed by atoms with van der Waals surface area (Å²) in [4.78, 5) is 99.2. The number of nitrogens with one attached hydrogen (secondary N) is 4. The van der Waals surface area contributed by atoms with E-state index in [9.17, 15) is 38.4 Å². The molecule has 0 radical (unpaired) electrons. The lowest BCUT2D eigenvalue weighted by atomic mass is 10.1. The summed E-state index contributed by atoms with van der Waals surface area (Å²) in [6, 6.07) is 21.8. The van der Waals surface area contributed by atoms with Gasteiger partial charge in [0.05, 0.1) is 17.7 Å². The molecule has 5 rings (SSSR count). The Kier molecular flexibility index (Phi) is 9.55. The van der Waals surface area contributed by atoms with Crippen LogP contribution in [0.4, 0.5) is 17.1 Å². The molecule has 8 amide bonds. The Hall–Kier alpha value is -7.16. The van der Waals surface area contributed by atoms with Crippen LogP contribution in [-0.4, -0.2) is 65.2 Å². The van der Waals surface area contributed by atoms with E-state index in [1.54, 1.807) is 12.1 Å². The smallest absolute Gasteiger partial charge is 0.262 e. The highest BCUT2D eigenvalue weighted by atomic mass is 16.2. The minimum absolute atomic E-state index is 0.0388. The number of amides is 8. The average Bonchev–Trinajstić information content (AvgIpc) is 3.32. The number of primary amides is 2. The number of nitrogens with two attached hydrogens (primary N) is 2. The number of carbonyl (C=O) groups is 8. The summed E-state index contributed by atoms with van der Waals surface area (Å²) in [6.45, 7) is -0.912. The maximum Gasteiger partial charge on any atom is 0.262 e. The number of rotatable bonds is 11. The molecule has 0 bridgehead atoms. The van der Waals surface area contributed by atoms with Gasteiger partial charge < -0.3 is 32.7 Å². The number of benzene rings is 4. The SMILES string of the molecule is NC(=O)c1cc(NC(=O)CNC(=O)c2ccc(NC(=O)c3ccc(NC(=O)CN4C(=O)c5ccccc5C4=O)cc3)cc2)cc(C(N)=O)c1. The van der Waals surface area contributed by atoms with Gasteiger partial charge in [0.15, 0.2) is 0 Å². The van der Waals surface area contributed by atoms with Gasteiger partial charge in [-0.15, -0.1) is 0 Å². The largest absolute Gasteiger partial charge is 0.366 e. The van der Waals surface area contributed by atoms with Gasteiger partial charge in [-0.05, 0) is 78.9 Å². The second kappa shape index (κ2) is 14.1. The topological polar surface area (TPSA) is 240 Å². The molecule has 0 atom stereocenters. The minimum atomic E-state index is -0.827. The molecule has 49 heavy (non-hydrogen) atoms. The van der Waals surface area contributed by atoms with Crippen molar-refractivity contribution in [1.29, 1.82) is 0 Å². The number of carbonyl (C=O) groups excluding carboxylic acids is 8. The van der Waals surface area contributed by atoms with Crippen molar-refractivity contribution in [2.45, 2.75) is 0 Å². The Morgan fingerprint density at radius 2 is 1.00 bits per heavy atom. The summed E-state index contributed by atoms with van der Waals surface area (Å²) in [5, 5.41) is 10.2. The zero-order valence-corrected chi connectivity index (χ0v) is 25.4. The van der Waals surface area contributed by atoms with Gasteiger partial charge in [-0.25, -0.2) is 0 Å². The summed E-state index contributed by atoms with van der Waals surface area (Å²) in [6.07, 6.45) is 0. The lowest BCUT2D eigenvalue weighted by molar-refractivity contribution is -0.116. The number of hydrogen-bond acceptors (Lipinski definition) is 8. The van der Waals surface area contributed by atoms with E-state index in [1.165, 1.54) is 78.9 Å². The lowest BCUT2D eigenvalue weighted by Gasteiger charge is -2.14. The predicted molar refractivity (Wildman–Crippen MR) is 176 cm³/mol. The molecule has 1 aliphatic rings. The van der Waals surface area contributed by atoms with E-state index in [4.69, 9.17) is 11.5 Å². The number of hydrogen-bond donors (Lipinski definition) is 6. The Labute approximate surface area is 277 Å². The van der Waals surface area contributed by atoms with E-state index in [-0.39, 0.29) is 39.1 Å². The number of anilines is 3. The van der Waals surface area contributed by atoms with Gasteiger partial charge in [0.25, 0.3) is 23.6 Å². The fraction of sp³-hybridized carbons (Fsp3) is 0.0588. The van der Waals surface area contributed by atoms with Gasteiger partial charge in [0.1, 0.15) is 6.54 Å². The first-order valence-electron chi connectivity index (χ1n) is 14.5. The molecule has 0 unspecified atom stereocenters. The van der Waals surface area contributed by atoms with Crippen molar-refractivity contribution in [3.05, 3.63) is 124 Å².